The van der Waals surface area contributed by atoms with Gasteiger partial charge in [-0.05, 0) is 30.7 Å². The fraction of sp³-hybridized carbons (Fsp3) is 0.391. The van der Waals surface area contributed by atoms with Crippen LogP contribution >= 0.6 is 0 Å². The van der Waals surface area contributed by atoms with Gasteiger partial charge in [-0.3, -0.25) is 25.0 Å². The van der Waals surface area contributed by atoms with Gasteiger partial charge in [0.1, 0.15) is 17.3 Å². The van der Waals surface area contributed by atoms with Crippen LogP contribution in [0, 0.1) is 0 Å². The molecule has 11 heteroatoms. The average Bonchev–Trinajstić information content (AvgIpc) is 3.34. The van der Waals surface area contributed by atoms with Crippen molar-refractivity contribution in [1.82, 2.24) is 20.1 Å². The fourth-order valence-corrected chi connectivity index (χ4v) is 5.47. The molecular weight excluding hydrogens is 456 g/mol. The molecule has 0 saturated carbocycles. The van der Waals surface area contributed by atoms with Gasteiger partial charge in [0.25, 0.3) is 5.91 Å². The van der Waals surface area contributed by atoms with Crippen LogP contribution in [0.2, 0.25) is 0 Å². The summed E-state index contributed by atoms with van der Waals surface area (Å²) in [5, 5.41) is 2.90. The number of benzene rings is 1. The first-order valence-corrected chi connectivity index (χ1v) is 13.1. The molecule has 0 unspecified atom stereocenters. The number of aromatic nitrogens is 1. The quantitative estimate of drug-likeness (QED) is 0.612. The number of para-hydroxylation sites is 1. The SMILES string of the molecule is O=C(NC1=Nc2c(OCCCN3CCS(=O)(=O)CC3)cccc2C2=NCCN12)c1cccnc1. The van der Waals surface area contributed by atoms with Gasteiger partial charge in [0.15, 0.2) is 9.84 Å². The largest absolute Gasteiger partial charge is 0.491 e. The summed E-state index contributed by atoms with van der Waals surface area (Å²) in [6.45, 7) is 3.65. The molecule has 1 aromatic heterocycles. The summed E-state index contributed by atoms with van der Waals surface area (Å²) in [5.41, 5.74) is 1.96. The van der Waals surface area contributed by atoms with E-state index in [1.807, 2.05) is 23.1 Å². The van der Waals surface area contributed by atoms with E-state index < -0.39 is 9.84 Å². The molecule has 0 atom stereocenters. The van der Waals surface area contributed by atoms with E-state index in [0.717, 1.165) is 24.4 Å². The van der Waals surface area contributed by atoms with Gasteiger partial charge in [-0.2, -0.15) is 0 Å². The number of nitrogens with one attached hydrogen (secondary N) is 1. The Morgan fingerprint density at radius 2 is 1.97 bits per heavy atom. The molecule has 1 N–H and O–H groups in total. The van der Waals surface area contributed by atoms with Crippen LogP contribution in [0.1, 0.15) is 22.3 Å². The minimum atomic E-state index is -2.87. The lowest BCUT2D eigenvalue weighted by Gasteiger charge is -2.28. The number of hydrogen-bond donors (Lipinski definition) is 1. The van der Waals surface area contributed by atoms with Gasteiger partial charge in [0.2, 0.25) is 5.96 Å². The van der Waals surface area contributed by atoms with E-state index >= 15 is 0 Å². The average molecular weight is 483 g/mol. The molecule has 0 spiro atoms. The van der Waals surface area contributed by atoms with Crippen LogP contribution in [-0.2, 0) is 9.84 Å². The first-order valence-electron chi connectivity index (χ1n) is 11.3. The molecule has 0 bridgehead atoms. The lowest BCUT2D eigenvalue weighted by molar-refractivity contribution is 0.0973. The zero-order valence-corrected chi connectivity index (χ0v) is 19.5. The highest BCUT2D eigenvalue weighted by molar-refractivity contribution is 7.91. The number of amides is 1. The maximum atomic E-state index is 12.7. The number of hydrogen-bond acceptors (Lipinski definition) is 9. The Balaban J connectivity index is 1.28. The van der Waals surface area contributed by atoms with Crippen molar-refractivity contribution in [2.45, 2.75) is 6.42 Å². The Kier molecular flexibility index (Phi) is 6.29. The van der Waals surface area contributed by atoms with Gasteiger partial charge < -0.3 is 9.64 Å². The summed E-state index contributed by atoms with van der Waals surface area (Å²) in [7, 11) is -2.87. The number of carbonyl (C=O) groups is 1. The summed E-state index contributed by atoms with van der Waals surface area (Å²) in [6.07, 6.45) is 3.90. The third-order valence-electron chi connectivity index (χ3n) is 6.02. The van der Waals surface area contributed by atoms with Gasteiger partial charge in [0.05, 0.1) is 30.2 Å². The summed E-state index contributed by atoms with van der Waals surface area (Å²) >= 11 is 0. The van der Waals surface area contributed by atoms with Crippen molar-refractivity contribution in [3.8, 4) is 5.75 Å². The minimum absolute atomic E-state index is 0.223. The number of guanidine groups is 1. The Bertz CT molecular complexity index is 1230. The Hall–Kier alpha value is -3.31. The highest BCUT2D eigenvalue weighted by Gasteiger charge is 2.32. The van der Waals surface area contributed by atoms with Crippen LogP contribution in [-0.4, -0.2) is 91.7 Å². The van der Waals surface area contributed by atoms with Crippen LogP contribution in [0.15, 0.2) is 52.7 Å². The van der Waals surface area contributed by atoms with E-state index in [2.05, 4.69) is 20.2 Å². The summed E-state index contributed by atoms with van der Waals surface area (Å²) < 4.78 is 29.3. The number of nitrogens with zero attached hydrogens (tertiary/aromatic N) is 5. The predicted octanol–water partition coefficient (Wildman–Crippen LogP) is 1.07. The number of fused-ring (bicyclic) bond motifs is 3. The molecule has 1 aromatic carbocycles. The monoisotopic (exact) mass is 482 g/mol. The van der Waals surface area contributed by atoms with Crippen LogP contribution in [0.25, 0.3) is 0 Å². The van der Waals surface area contributed by atoms with Crippen molar-refractivity contribution in [2.24, 2.45) is 9.98 Å². The molecule has 34 heavy (non-hydrogen) atoms. The van der Waals surface area contributed by atoms with Crippen LogP contribution < -0.4 is 10.1 Å². The summed E-state index contributed by atoms with van der Waals surface area (Å²) in [6, 6.07) is 9.14. The van der Waals surface area contributed by atoms with Crippen LogP contribution in [0.4, 0.5) is 5.69 Å². The molecule has 178 valence electrons. The van der Waals surface area contributed by atoms with E-state index in [-0.39, 0.29) is 17.4 Å². The van der Waals surface area contributed by atoms with E-state index in [1.54, 1.807) is 18.3 Å². The van der Waals surface area contributed by atoms with Gasteiger partial charge in [-0.15, -0.1) is 0 Å². The van der Waals surface area contributed by atoms with Crippen LogP contribution in [0.5, 0.6) is 5.75 Å². The minimum Gasteiger partial charge on any atom is -0.491 e. The predicted molar refractivity (Wildman–Crippen MR) is 129 cm³/mol. The first-order chi connectivity index (χ1) is 16.5. The molecule has 3 aliphatic heterocycles. The summed E-state index contributed by atoms with van der Waals surface area (Å²) in [4.78, 5) is 30.2. The smallest absolute Gasteiger partial charge is 0.259 e. The fourth-order valence-electron chi connectivity index (χ4n) is 4.20. The molecule has 0 radical (unpaired) electrons. The Morgan fingerprint density at radius 3 is 2.76 bits per heavy atom. The van der Waals surface area contributed by atoms with Crippen molar-refractivity contribution < 1.29 is 17.9 Å². The standard InChI is InChI=1S/C23H26N6O4S/c30-22(17-4-2-7-24-16-17)27-23-26-20-18(21-25-8-10-29(21)23)5-1-6-19(20)33-13-3-9-28-11-14-34(31,32)15-12-28/h1-2,4-7,16H,3,8-15H2,(H,26,27,30). The topological polar surface area (TPSA) is 117 Å². The maximum absolute atomic E-state index is 12.7. The zero-order chi connectivity index (χ0) is 23.5. The van der Waals surface area contributed by atoms with E-state index in [4.69, 9.17) is 9.73 Å². The normalized spacial score (nSPS) is 19.0. The number of rotatable bonds is 6. The van der Waals surface area contributed by atoms with Crippen molar-refractivity contribution >= 4 is 33.2 Å². The van der Waals surface area contributed by atoms with Gasteiger partial charge in [-0.25, -0.2) is 13.4 Å². The van der Waals surface area contributed by atoms with Gasteiger partial charge in [0, 0.05) is 44.1 Å². The Labute approximate surface area is 198 Å². The molecule has 10 nitrogen and oxygen atoms in total. The van der Waals surface area contributed by atoms with Gasteiger partial charge >= 0.3 is 0 Å². The molecule has 1 saturated heterocycles. The highest BCUT2D eigenvalue weighted by atomic mass is 32.2. The molecule has 1 amide bonds. The van der Waals surface area contributed by atoms with E-state index in [9.17, 15) is 13.2 Å². The first kappa shape index (κ1) is 22.5. The molecular formula is C23H26N6O4S. The third-order valence-corrected chi connectivity index (χ3v) is 7.63. The molecule has 4 heterocycles. The van der Waals surface area contributed by atoms with Crippen molar-refractivity contribution in [1.29, 1.82) is 0 Å². The molecule has 5 rings (SSSR count). The van der Waals surface area contributed by atoms with E-state index in [0.29, 0.717) is 55.7 Å². The second-order valence-electron chi connectivity index (χ2n) is 8.34. The number of amidine groups is 1. The number of ether oxygens (including phenoxy) is 1. The van der Waals surface area contributed by atoms with Crippen molar-refractivity contribution in [2.75, 3.05) is 50.8 Å². The molecule has 0 aliphatic carbocycles. The maximum Gasteiger partial charge on any atom is 0.259 e. The van der Waals surface area contributed by atoms with Crippen LogP contribution in [0.3, 0.4) is 0 Å². The number of aliphatic imine (C=N–C) groups is 2. The van der Waals surface area contributed by atoms with Crippen molar-refractivity contribution in [3.05, 3.63) is 53.9 Å². The molecule has 1 fully saturated rings. The highest BCUT2D eigenvalue weighted by Crippen LogP contribution is 2.36. The third kappa shape index (κ3) is 4.80. The van der Waals surface area contributed by atoms with E-state index in [1.165, 1.54) is 6.20 Å². The molecule has 3 aliphatic rings. The Morgan fingerprint density at radius 1 is 1.12 bits per heavy atom. The molecule has 2 aromatic rings. The van der Waals surface area contributed by atoms with Gasteiger partial charge in [-0.1, -0.05) is 6.07 Å². The number of sulfone groups is 1. The number of carbonyl (C=O) groups excluding carboxylic acids is 1. The second-order valence-corrected chi connectivity index (χ2v) is 10.6. The number of pyridine rings is 1. The zero-order valence-electron chi connectivity index (χ0n) is 18.7. The lowest BCUT2D eigenvalue weighted by Crippen LogP contribution is -2.47. The summed E-state index contributed by atoms with van der Waals surface area (Å²) in [5.74, 6) is 1.97. The van der Waals surface area contributed by atoms with Crippen molar-refractivity contribution in [3.63, 3.8) is 0 Å². The second kappa shape index (κ2) is 9.51. The lowest BCUT2D eigenvalue weighted by atomic mass is 10.1.